The normalized spacial score (nSPS) is 11.1. The summed E-state index contributed by atoms with van der Waals surface area (Å²) in [5, 5.41) is 12.9. The summed E-state index contributed by atoms with van der Waals surface area (Å²) in [7, 11) is 0. The first-order valence-electron chi connectivity index (χ1n) is 7.92. The molecule has 0 saturated carbocycles. The number of carbonyl (C=O) groups is 1. The van der Waals surface area contributed by atoms with Gasteiger partial charge in [-0.3, -0.25) is 10.1 Å². The molecule has 0 atom stereocenters. The Balaban J connectivity index is 1.70. The number of aromatic nitrogens is 1. The van der Waals surface area contributed by atoms with Crippen LogP contribution in [0.2, 0.25) is 5.02 Å². The number of nitriles is 1. The van der Waals surface area contributed by atoms with Gasteiger partial charge in [-0.05, 0) is 35.4 Å². The highest BCUT2D eigenvalue weighted by molar-refractivity contribution is 9.10. The third kappa shape index (κ3) is 5.27. The second-order valence-electron chi connectivity index (χ2n) is 5.58. The number of hydrogen-bond acceptors (Lipinski definition) is 4. The van der Waals surface area contributed by atoms with E-state index in [0.717, 1.165) is 21.3 Å². The fourth-order valence-corrected chi connectivity index (χ4v) is 3.61. The monoisotopic (exact) mass is 457 g/mol. The molecular weight excluding hydrogens is 446 g/mol. The van der Waals surface area contributed by atoms with Crippen molar-refractivity contribution in [2.45, 2.75) is 6.42 Å². The van der Waals surface area contributed by atoms with E-state index < -0.39 is 5.91 Å². The summed E-state index contributed by atoms with van der Waals surface area (Å²) in [5.41, 5.74) is 1.73. The molecule has 0 aliphatic heterocycles. The molecule has 3 aromatic rings. The molecule has 1 amide bonds. The van der Waals surface area contributed by atoms with Crippen LogP contribution in [0.15, 0.2) is 64.8 Å². The van der Waals surface area contributed by atoms with Crippen molar-refractivity contribution in [3.8, 4) is 6.07 Å². The summed E-state index contributed by atoms with van der Waals surface area (Å²) in [4.78, 5) is 17.6. The van der Waals surface area contributed by atoms with Gasteiger partial charge < -0.3 is 0 Å². The molecule has 0 aliphatic rings. The number of halogens is 2. The van der Waals surface area contributed by atoms with E-state index in [1.807, 2.05) is 30.3 Å². The average molecular weight is 459 g/mol. The van der Waals surface area contributed by atoms with Gasteiger partial charge in [0.25, 0.3) is 5.91 Å². The number of rotatable bonds is 5. The van der Waals surface area contributed by atoms with Crippen LogP contribution in [0.1, 0.15) is 16.0 Å². The molecule has 0 aliphatic carbocycles. The Morgan fingerprint density at radius 3 is 2.70 bits per heavy atom. The van der Waals surface area contributed by atoms with E-state index in [1.165, 1.54) is 17.4 Å². The second-order valence-corrected chi connectivity index (χ2v) is 8.02. The van der Waals surface area contributed by atoms with Gasteiger partial charge in [-0.15, -0.1) is 11.3 Å². The maximum Gasteiger partial charge on any atom is 0.268 e. The van der Waals surface area contributed by atoms with Crippen LogP contribution in [0.4, 0.5) is 5.13 Å². The molecule has 0 bridgehead atoms. The number of carbonyl (C=O) groups excluding carboxylic acids is 1. The Morgan fingerprint density at radius 2 is 2.00 bits per heavy atom. The predicted octanol–water partition coefficient (Wildman–Crippen LogP) is 5.70. The van der Waals surface area contributed by atoms with Gasteiger partial charge in [0.1, 0.15) is 11.6 Å². The lowest BCUT2D eigenvalue weighted by molar-refractivity contribution is -0.112. The van der Waals surface area contributed by atoms with Crippen LogP contribution in [-0.2, 0) is 11.2 Å². The molecule has 0 spiro atoms. The van der Waals surface area contributed by atoms with E-state index in [1.54, 1.807) is 30.5 Å². The Bertz CT molecular complexity index is 1040. The van der Waals surface area contributed by atoms with Crippen molar-refractivity contribution in [3.63, 3.8) is 0 Å². The van der Waals surface area contributed by atoms with Crippen molar-refractivity contribution >= 4 is 56.0 Å². The van der Waals surface area contributed by atoms with Crippen LogP contribution in [0.25, 0.3) is 6.08 Å². The van der Waals surface area contributed by atoms with E-state index in [2.05, 4.69) is 26.2 Å². The smallest absolute Gasteiger partial charge is 0.268 e. The zero-order valence-electron chi connectivity index (χ0n) is 13.9. The molecule has 4 nitrogen and oxygen atoms in total. The highest BCUT2D eigenvalue weighted by Crippen LogP contribution is 2.23. The Labute approximate surface area is 174 Å². The van der Waals surface area contributed by atoms with Gasteiger partial charge in [0, 0.05) is 27.0 Å². The summed E-state index contributed by atoms with van der Waals surface area (Å²) < 4.78 is 1.03. The Hall–Kier alpha value is -2.46. The first kappa shape index (κ1) is 19.3. The summed E-state index contributed by atoms with van der Waals surface area (Å²) in [6.07, 6.45) is 3.92. The average Bonchev–Trinajstić information content (AvgIpc) is 3.09. The van der Waals surface area contributed by atoms with Gasteiger partial charge in [0.05, 0.1) is 0 Å². The zero-order valence-corrected chi connectivity index (χ0v) is 17.1. The maximum absolute atomic E-state index is 12.4. The van der Waals surface area contributed by atoms with Gasteiger partial charge in [0.15, 0.2) is 5.13 Å². The highest BCUT2D eigenvalue weighted by atomic mass is 79.9. The van der Waals surface area contributed by atoms with Gasteiger partial charge in [-0.25, -0.2) is 4.98 Å². The summed E-state index contributed by atoms with van der Waals surface area (Å²) in [6, 6.07) is 17.0. The quantitative estimate of drug-likeness (QED) is 0.394. The second kappa shape index (κ2) is 8.96. The standard InChI is InChI=1S/C20H13BrClN3OS/c21-16-7-5-13(6-8-16)9-17-12-24-20(27-17)25-19(26)15(11-23)10-14-3-1-2-4-18(14)22/h1-8,10,12H,9H2,(H,24,25,26). The number of benzene rings is 2. The van der Waals surface area contributed by atoms with Crippen LogP contribution < -0.4 is 5.32 Å². The van der Waals surface area contributed by atoms with Crippen LogP contribution in [0.5, 0.6) is 0 Å². The first-order chi connectivity index (χ1) is 13.0. The molecule has 0 unspecified atom stereocenters. The molecule has 27 heavy (non-hydrogen) atoms. The number of nitrogens with zero attached hydrogens (tertiary/aromatic N) is 2. The fraction of sp³-hybridized carbons (Fsp3) is 0.0500. The highest BCUT2D eigenvalue weighted by Gasteiger charge is 2.13. The van der Waals surface area contributed by atoms with Gasteiger partial charge in [-0.2, -0.15) is 5.26 Å². The zero-order chi connectivity index (χ0) is 19.2. The van der Waals surface area contributed by atoms with Gasteiger partial charge in [0.2, 0.25) is 0 Å². The lowest BCUT2D eigenvalue weighted by atomic mass is 10.1. The van der Waals surface area contributed by atoms with Crippen molar-refractivity contribution < 1.29 is 4.79 Å². The minimum Gasteiger partial charge on any atom is -0.297 e. The maximum atomic E-state index is 12.4. The lowest BCUT2D eigenvalue weighted by Crippen LogP contribution is -2.13. The minimum absolute atomic E-state index is 0.0345. The molecule has 1 N–H and O–H groups in total. The third-order valence-corrected chi connectivity index (χ3v) is 5.42. The van der Waals surface area contributed by atoms with E-state index in [-0.39, 0.29) is 5.57 Å². The number of hydrogen-bond donors (Lipinski definition) is 1. The van der Waals surface area contributed by atoms with E-state index in [0.29, 0.717) is 15.7 Å². The molecule has 134 valence electrons. The van der Waals surface area contributed by atoms with Crippen LogP contribution >= 0.6 is 38.9 Å². The van der Waals surface area contributed by atoms with Crippen molar-refractivity contribution in [2.24, 2.45) is 0 Å². The van der Waals surface area contributed by atoms with Gasteiger partial charge in [-0.1, -0.05) is 57.9 Å². The molecule has 0 fully saturated rings. The van der Waals surface area contributed by atoms with Crippen LogP contribution in [0.3, 0.4) is 0 Å². The number of amides is 1. The molecule has 0 radical (unpaired) electrons. The summed E-state index contributed by atoms with van der Waals surface area (Å²) in [5.74, 6) is -0.512. The topological polar surface area (TPSA) is 65.8 Å². The van der Waals surface area contributed by atoms with Crippen molar-refractivity contribution in [3.05, 3.63) is 85.8 Å². The fourth-order valence-electron chi connectivity index (χ4n) is 2.31. The van der Waals surface area contributed by atoms with E-state index in [9.17, 15) is 10.1 Å². The van der Waals surface area contributed by atoms with Crippen LogP contribution in [0, 0.1) is 11.3 Å². The summed E-state index contributed by atoms with van der Waals surface area (Å²) in [6.45, 7) is 0. The summed E-state index contributed by atoms with van der Waals surface area (Å²) >= 11 is 10.9. The van der Waals surface area contributed by atoms with Crippen molar-refractivity contribution in [1.29, 1.82) is 5.26 Å². The molecule has 1 heterocycles. The Morgan fingerprint density at radius 1 is 1.26 bits per heavy atom. The first-order valence-corrected chi connectivity index (χ1v) is 9.91. The SMILES string of the molecule is N#CC(=Cc1ccccc1Cl)C(=O)Nc1ncc(Cc2ccc(Br)cc2)s1. The van der Waals surface area contributed by atoms with Gasteiger partial charge >= 0.3 is 0 Å². The third-order valence-electron chi connectivity index (χ3n) is 3.64. The molecule has 2 aromatic carbocycles. The predicted molar refractivity (Wildman–Crippen MR) is 113 cm³/mol. The molecule has 7 heteroatoms. The number of thiazole rings is 1. The van der Waals surface area contributed by atoms with Crippen molar-refractivity contribution in [1.82, 2.24) is 4.98 Å². The molecular formula is C20H13BrClN3OS. The molecule has 1 aromatic heterocycles. The van der Waals surface area contributed by atoms with Crippen LogP contribution in [-0.4, -0.2) is 10.9 Å². The van der Waals surface area contributed by atoms with E-state index >= 15 is 0 Å². The minimum atomic E-state index is -0.512. The molecule has 0 saturated heterocycles. The lowest BCUT2D eigenvalue weighted by Gasteiger charge is -2.01. The number of anilines is 1. The van der Waals surface area contributed by atoms with Crippen molar-refractivity contribution in [2.75, 3.05) is 5.32 Å². The van der Waals surface area contributed by atoms with E-state index in [4.69, 9.17) is 11.6 Å². The largest absolute Gasteiger partial charge is 0.297 e. The number of nitrogens with one attached hydrogen (secondary N) is 1. The Kier molecular flexibility index (Phi) is 6.40. The molecule has 3 rings (SSSR count).